The quantitative estimate of drug-likeness (QED) is 0.623. The van der Waals surface area contributed by atoms with Crippen LogP contribution >= 0.6 is 15.9 Å². The second-order valence-corrected chi connectivity index (χ2v) is 3.82. The number of benzene rings is 1. The van der Waals surface area contributed by atoms with E-state index in [0.717, 1.165) is 17.8 Å². The molecule has 0 amide bonds. The Morgan fingerprint density at radius 1 is 1.53 bits per heavy atom. The first-order chi connectivity index (χ1) is 7.19. The molecule has 78 valence electrons. The number of alkyl halides is 1. The first-order valence-electron chi connectivity index (χ1n) is 4.48. The Kier molecular flexibility index (Phi) is 4.44. The minimum atomic E-state index is -0.637. The number of ketones is 1. The SMILES string of the molecule is N#Cc1ccc(C(=O)CCCBr)cc1F. The first-order valence-corrected chi connectivity index (χ1v) is 5.60. The molecule has 0 unspecified atom stereocenters. The van der Waals surface area contributed by atoms with Gasteiger partial charge in [-0.25, -0.2) is 4.39 Å². The number of rotatable bonds is 4. The number of carbonyl (C=O) groups excluding carboxylic acids is 1. The summed E-state index contributed by atoms with van der Waals surface area (Å²) in [5.41, 5.74) is 0.291. The van der Waals surface area contributed by atoms with Gasteiger partial charge in [-0.3, -0.25) is 4.79 Å². The van der Waals surface area contributed by atoms with Crippen LogP contribution in [0.3, 0.4) is 0 Å². The van der Waals surface area contributed by atoms with Gasteiger partial charge in [0.2, 0.25) is 0 Å². The molecular weight excluding hydrogens is 261 g/mol. The van der Waals surface area contributed by atoms with Crippen LogP contribution in [0.2, 0.25) is 0 Å². The van der Waals surface area contributed by atoms with Crippen molar-refractivity contribution in [2.45, 2.75) is 12.8 Å². The largest absolute Gasteiger partial charge is 0.294 e. The lowest BCUT2D eigenvalue weighted by Crippen LogP contribution is -2.00. The van der Waals surface area contributed by atoms with Crippen molar-refractivity contribution in [2.24, 2.45) is 0 Å². The van der Waals surface area contributed by atoms with E-state index in [2.05, 4.69) is 15.9 Å². The third-order valence-electron chi connectivity index (χ3n) is 1.95. The van der Waals surface area contributed by atoms with Crippen molar-refractivity contribution in [3.8, 4) is 6.07 Å². The van der Waals surface area contributed by atoms with Crippen molar-refractivity contribution in [1.29, 1.82) is 5.26 Å². The van der Waals surface area contributed by atoms with E-state index in [0.29, 0.717) is 12.0 Å². The Hall–Kier alpha value is -1.21. The molecular formula is C11H9BrFNO. The van der Waals surface area contributed by atoms with Crippen LogP contribution in [0.15, 0.2) is 18.2 Å². The first kappa shape index (κ1) is 11.9. The Balaban J connectivity index is 2.84. The molecule has 0 N–H and O–H groups in total. The molecule has 1 aromatic carbocycles. The third kappa shape index (κ3) is 3.14. The fourth-order valence-electron chi connectivity index (χ4n) is 1.15. The fraction of sp³-hybridized carbons (Fsp3) is 0.273. The molecule has 2 nitrogen and oxygen atoms in total. The number of nitriles is 1. The van der Waals surface area contributed by atoms with Crippen molar-refractivity contribution in [3.63, 3.8) is 0 Å². The Bertz CT molecular complexity index is 412. The van der Waals surface area contributed by atoms with Gasteiger partial charge in [0.1, 0.15) is 11.9 Å². The second kappa shape index (κ2) is 5.62. The topological polar surface area (TPSA) is 40.9 Å². The van der Waals surface area contributed by atoms with E-state index < -0.39 is 5.82 Å². The van der Waals surface area contributed by atoms with E-state index >= 15 is 0 Å². The summed E-state index contributed by atoms with van der Waals surface area (Å²) in [6.45, 7) is 0. The van der Waals surface area contributed by atoms with Crippen molar-refractivity contribution in [3.05, 3.63) is 35.1 Å². The summed E-state index contributed by atoms with van der Waals surface area (Å²) >= 11 is 3.22. The van der Waals surface area contributed by atoms with Crippen LogP contribution in [-0.4, -0.2) is 11.1 Å². The van der Waals surface area contributed by atoms with Crippen LogP contribution in [-0.2, 0) is 0 Å². The van der Waals surface area contributed by atoms with Crippen molar-refractivity contribution < 1.29 is 9.18 Å². The summed E-state index contributed by atoms with van der Waals surface area (Å²) < 4.78 is 13.1. The molecule has 0 aliphatic heterocycles. The molecule has 4 heteroatoms. The monoisotopic (exact) mass is 269 g/mol. The standard InChI is InChI=1S/C11H9BrFNO/c12-5-1-2-11(15)8-3-4-9(7-14)10(13)6-8/h3-4,6H,1-2,5H2. The van der Waals surface area contributed by atoms with Gasteiger partial charge in [0, 0.05) is 17.3 Å². The van der Waals surface area contributed by atoms with E-state index in [1.54, 1.807) is 6.07 Å². The molecule has 1 aromatic rings. The summed E-state index contributed by atoms with van der Waals surface area (Å²) in [7, 11) is 0. The van der Waals surface area contributed by atoms with E-state index in [9.17, 15) is 9.18 Å². The van der Waals surface area contributed by atoms with Crippen molar-refractivity contribution in [2.75, 3.05) is 5.33 Å². The average Bonchev–Trinajstić information content (AvgIpc) is 2.25. The van der Waals surface area contributed by atoms with Crippen LogP contribution in [0.1, 0.15) is 28.8 Å². The maximum atomic E-state index is 13.1. The smallest absolute Gasteiger partial charge is 0.163 e. The van der Waals surface area contributed by atoms with Gasteiger partial charge in [-0.2, -0.15) is 5.26 Å². The molecule has 0 aliphatic rings. The van der Waals surface area contributed by atoms with Crippen molar-refractivity contribution in [1.82, 2.24) is 0 Å². The van der Waals surface area contributed by atoms with Crippen LogP contribution in [0.25, 0.3) is 0 Å². The number of Topliss-reactive ketones (excluding diaryl/α,β-unsaturated/α-hetero) is 1. The van der Waals surface area contributed by atoms with Gasteiger partial charge >= 0.3 is 0 Å². The van der Waals surface area contributed by atoms with Gasteiger partial charge in [0.25, 0.3) is 0 Å². The van der Waals surface area contributed by atoms with Crippen molar-refractivity contribution >= 4 is 21.7 Å². The number of nitrogens with zero attached hydrogens (tertiary/aromatic N) is 1. The second-order valence-electron chi connectivity index (χ2n) is 3.02. The summed E-state index contributed by atoms with van der Waals surface area (Å²) in [5.74, 6) is -0.736. The molecule has 0 heterocycles. The number of carbonyl (C=O) groups is 1. The van der Waals surface area contributed by atoms with Gasteiger partial charge in [0.05, 0.1) is 5.56 Å². The molecule has 0 fully saturated rings. The lowest BCUT2D eigenvalue weighted by molar-refractivity contribution is 0.0981. The van der Waals surface area contributed by atoms with E-state index in [1.807, 2.05) is 0 Å². The molecule has 0 saturated carbocycles. The fourth-order valence-corrected chi connectivity index (χ4v) is 1.43. The van der Waals surface area contributed by atoms with E-state index in [-0.39, 0.29) is 11.3 Å². The zero-order chi connectivity index (χ0) is 11.3. The molecule has 15 heavy (non-hydrogen) atoms. The Morgan fingerprint density at radius 2 is 2.27 bits per heavy atom. The molecule has 0 aliphatic carbocycles. The lowest BCUT2D eigenvalue weighted by atomic mass is 10.1. The van der Waals surface area contributed by atoms with Gasteiger partial charge in [-0.05, 0) is 24.6 Å². The lowest BCUT2D eigenvalue weighted by Gasteiger charge is -2.00. The molecule has 0 aromatic heterocycles. The third-order valence-corrected chi connectivity index (χ3v) is 2.51. The highest BCUT2D eigenvalue weighted by Gasteiger charge is 2.08. The number of halogens is 2. The normalized spacial score (nSPS) is 9.67. The van der Waals surface area contributed by atoms with E-state index in [1.165, 1.54) is 12.1 Å². The van der Waals surface area contributed by atoms with Crippen LogP contribution in [0.5, 0.6) is 0 Å². The van der Waals surface area contributed by atoms with Gasteiger partial charge in [-0.1, -0.05) is 15.9 Å². The molecule has 0 spiro atoms. The molecule has 0 radical (unpaired) electrons. The Morgan fingerprint density at radius 3 is 2.80 bits per heavy atom. The van der Waals surface area contributed by atoms with E-state index in [4.69, 9.17) is 5.26 Å². The van der Waals surface area contributed by atoms with Crippen LogP contribution < -0.4 is 0 Å². The highest BCUT2D eigenvalue weighted by Crippen LogP contribution is 2.12. The molecule has 0 atom stereocenters. The summed E-state index contributed by atoms with van der Waals surface area (Å²) in [5, 5.41) is 9.26. The summed E-state index contributed by atoms with van der Waals surface area (Å²) in [4.78, 5) is 11.5. The van der Waals surface area contributed by atoms with Crippen LogP contribution in [0, 0.1) is 17.1 Å². The predicted octanol–water partition coefficient (Wildman–Crippen LogP) is 3.06. The highest BCUT2D eigenvalue weighted by atomic mass is 79.9. The molecule has 0 saturated heterocycles. The minimum Gasteiger partial charge on any atom is -0.294 e. The zero-order valence-corrected chi connectivity index (χ0v) is 9.55. The average molecular weight is 270 g/mol. The minimum absolute atomic E-state index is 0.0351. The maximum absolute atomic E-state index is 13.1. The van der Waals surface area contributed by atoms with Gasteiger partial charge in [0.15, 0.2) is 5.78 Å². The summed E-state index contributed by atoms with van der Waals surface area (Å²) in [6.07, 6.45) is 1.11. The van der Waals surface area contributed by atoms with Crippen LogP contribution in [0.4, 0.5) is 4.39 Å². The number of hydrogen-bond acceptors (Lipinski definition) is 2. The number of hydrogen-bond donors (Lipinski definition) is 0. The van der Waals surface area contributed by atoms with Gasteiger partial charge < -0.3 is 0 Å². The zero-order valence-electron chi connectivity index (χ0n) is 7.96. The molecule has 1 rings (SSSR count). The van der Waals surface area contributed by atoms with Gasteiger partial charge in [-0.15, -0.1) is 0 Å². The maximum Gasteiger partial charge on any atom is 0.163 e. The highest BCUT2D eigenvalue weighted by molar-refractivity contribution is 9.09. The summed E-state index contributed by atoms with van der Waals surface area (Å²) in [6, 6.07) is 5.65. The molecule has 0 bridgehead atoms. The Labute approximate surface area is 95.8 Å². The predicted molar refractivity (Wildman–Crippen MR) is 58.5 cm³/mol.